The maximum atomic E-state index is 12.4. The highest BCUT2D eigenvalue weighted by Crippen LogP contribution is 2.26. The number of carbonyl (C=O) groups is 1. The zero-order chi connectivity index (χ0) is 16.4. The van der Waals surface area contributed by atoms with Crippen molar-refractivity contribution in [3.63, 3.8) is 0 Å². The molecule has 2 N–H and O–H groups in total. The molecule has 128 valence electrons. The van der Waals surface area contributed by atoms with Crippen molar-refractivity contribution in [1.29, 1.82) is 0 Å². The Morgan fingerprint density at radius 3 is 3.08 bits per heavy atom. The summed E-state index contributed by atoms with van der Waals surface area (Å²) in [5, 5.41) is 3.02. The van der Waals surface area contributed by atoms with Gasteiger partial charge in [0.15, 0.2) is 0 Å². The lowest BCUT2D eigenvalue weighted by Gasteiger charge is -2.32. The highest BCUT2D eigenvalue weighted by Gasteiger charge is 2.27. The molecule has 2 aliphatic heterocycles. The van der Waals surface area contributed by atoms with Gasteiger partial charge in [0.1, 0.15) is 5.82 Å². The van der Waals surface area contributed by atoms with Gasteiger partial charge in [0.25, 0.3) is 0 Å². The predicted octanol–water partition coefficient (Wildman–Crippen LogP) is 2.63. The summed E-state index contributed by atoms with van der Waals surface area (Å²) in [4.78, 5) is 22.5. The van der Waals surface area contributed by atoms with Gasteiger partial charge in [0, 0.05) is 32.2 Å². The zero-order valence-corrected chi connectivity index (χ0v) is 13.8. The SMILES string of the molecule is O=C(NC[C@H]1CCCO1)N1CCC[C@H](c2nc3ccccc3[nH]2)C1. The van der Waals surface area contributed by atoms with E-state index in [0.717, 1.165) is 62.2 Å². The van der Waals surface area contributed by atoms with Crippen molar-refractivity contribution in [1.82, 2.24) is 20.2 Å². The van der Waals surface area contributed by atoms with Gasteiger partial charge in [0.05, 0.1) is 17.1 Å². The van der Waals surface area contributed by atoms with Crippen molar-refractivity contribution in [3.8, 4) is 0 Å². The number of ether oxygens (including phenoxy) is 1. The van der Waals surface area contributed by atoms with Crippen LogP contribution in [0.15, 0.2) is 24.3 Å². The molecule has 0 aliphatic carbocycles. The molecule has 2 aromatic rings. The van der Waals surface area contributed by atoms with Crippen LogP contribution in [0.3, 0.4) is 0 Å². The van der Waals surface area contributed by atoms with Crippen LogP contribution in [-0.2, 0) is 4.74 Å². The molecule has 24 heavy (non-hydrogen) atoms. The van der Waals surface area contributed by atoms with Gasteiger partial charge in [-0.15, -0.1) is 0 Å². The van der Waals surface area contributed by atoms with Gasteiger partial charge in [0.2, 0.25) is 0 Å². The number of hydrogen-bond donors (Lipinski definition) is 2. The maximum absolute atomic E-state index is 12.4. The van der Waals surface area contributed by atoms with Crippen LogP contribution in [0.25, 0.3) is 11.0 Å². The number of aromatic nitrogens is 2. The van der Waals surface area contributed by atoms with E-state index in [0.29, 0.717) is 6.54 Å². The number of nitrogens with one attached hydrogen (secondary N) is 2. The fraction of sp³-hybridized carbons (Fsp3) is 0.556. The molecule has 2 amide bonds. The second kappa shape index (κ2) is 6.81. The van der Waals surface area contributed by atoms with E-state index in [4.69, 9.17) is 9.72 Å². The number of H-pyrrole nitrogens is 1. The van der Waals surface area contributed by atoms with Crippen LogP contribution in [0.5, 0.6) is 0 Å². The van der Waals surface area contributed by atoms with Crippen LogP contribution in [-0.4, -0.2) is 53.2 Å². The van der Waals surface area contributed by atoms with Crippen LogP contribution < -0.4 is 5.32 Å². The number of hydrogen-bond acceptors (Lipinski definition) is 3. The molecule has 2 saturated heterocycles. The molecule has 6 heteroatoms. The van der Waals surface area contributed by atoms with Crippen LogP contribution in [0.1, 0.15) is 37.4 Å². The Balaban J connectivity index is 1.38. The van der Waals surface area contributed by atoms with Gasteiger partial charge >= 0.3 is 6.03 Å². The number of amides is 2. The van der Waals surface area contributed by atoms with Gasteiger partial charge in [-0.2, -0.15) is 0 Å². The number of likely N-dealkylation sites (tertiary alicyclic amines) is 1. The Labute approximate surface area is 141 Å². The highest BCUT2D eigenvalue weighted by atomic mass is 16.5. The van der Waals surface area contributed by atoms with E-state index >= 15 is 0 Å². The quantitative estimate of drug-likeness (QED) is 0.910. The first-order valence-electron chi connectivity index (χ1n) is 8.88. The molecule has 0 spiro atoms. The van der Waals surface area contributed by atoms with E-state index in [1.807, 2.05) is 29.2 Å². The van der Waals surface area contributed by atoms with E-state index in [2.05, 4.69) is 10.3 Å². The van der Waals surface area contributed by atoms with E-state index in [-0.39, 0.29) is 18.1 Å². The number of aromatic amines is 1. The third kappa shape index (κ3) is 3.24. The molecular weight excluding hydrogens is 304 g/mol. The summed E-state index contributed by atoms with van der Waals surface area (Å²) in [6.07, 6.45) is 4.40. The first-order chi connectivity index (χ1) is 11.8. The summed E-state index contributed by atoms with van der Waals surface area (Å²) in [6, 6.07) is 8.09. The molecule has 0 bridgehead atoms. The largest absolute Gasteiger partial charge is 0.376 e. The Bertz CT molecular complexity index is 675. The Kier molecular flexibility index (Phi) is 4.38. The van der Waals surface area contributed by atoms with Crippen LogP contribution in [0.4, 0.5) is 4.79 Å². The highest BCUT2D eigenvalue weighted by molar-refractivity contribution is 5.75. The van der Waals surface area contributed by atoms with Crippen molar-refractivity contribution in [2.45, 2.75) is 37.7 Å². The van der Waals surface area contributed by atoms with Crippen molar-refractivity contribution < 1.29 is 9.53 Å². The monoisotopic (exact) mass is 328 g/mol. The average molecular weight is 328 g/mol. The molecule has 3 heterocycles. The number of fused-ring (bicyclic) bond motifs is 1. The van der Waals surface area contributed by atoms with E-state index in [9.17, 15) is 4.79 Å². The fourth-order valence-corrected chi connectivity index (χ4v) is 3.67. The zero-order valence-electron chi connectivity index (χ0n) is 13.8. The van der Waals surface area contributed by atoms with Gasteiger partial charge in [-0.05, 0) is 37.8 Å². The molecule has 0 saturated carbocycles. The van der Waals surface area contributed by atoms with E-state index in [1.165, 1.54) is 0 Å². The average Bonchev–Trinajstić information content (AvgIpc) is 3.29. The number of piperidine rings is 1. The predicted molar refractivity (Wildman–Crippen MR) is 92.0 cm³/mol. The first kappa shape index (κ1) is 15.4. The molecule has 2 aliphatic rings. The topological polar surface area (TPSA) is 70.2 Å². The number of para-hydroxylation sites is 2. The number of imidazole rings is 1. The smallest absolute Gasteiger partial charge is 0.317 e. The van der Waals surface area contributed by atoms with Gasteiger partial charge < -0.3 is 19.9 Å². The molecule has 1 aromatic heterocycles. The van der Waals surface area contributed by atoms with Gasteiger partial charge in [-0.1, -0.05) is 12.1 Å². The third-order valence-corrected chi connectivity index (χ3v) is 5.01. The van der Waals surface area contributed by atoms with Gasteiger partial charge in [-0.3, -0.25) is 0 Å². The lowest BCUT2D eigenvalue weighted by Crippen LogP contribution is -2.46. The summed E-state index contributed by atoms with van der Waals surface area (Å²) in [7, 11) is 0. The second-order valence-corrected chi connectivity index (χ2v) is 6.75. The standard InChI is InChI=1S/C18H24N4O2/c23-18(19-11-14-6-4-10-24-14)22-9-3-5-13(12-22)17-20-15-7-1-2-8-16(15)21-17/h1-2,7-8,13-14H,3-6,9-12H2,(H,19,23)(H,20,21)/t13-,14+/m0/s1. The minimum atomic E-state index is 0.0197. The van der Waals surface area contributed by atoms with Crippen LogP contribution in [0, 0.1) is 0 Å². The Morgan fingerprint density at radius 2 is 2.25 bits per heavy atom. The number of benzene rings is 1. The number of urea groups is 1. The molecule has 6 nitrogen and oxygen atoms in total. The normalized spacial score (nSPS) is 24.4. The Hall–Kier alpha value is -2.08. The molecular formula is C18H24N4O2. The van der Waals surface area contributed by atoms with Crippen molar-refractivity contribution in [2.75, 3.05) is 26.2 Å². The lowest BCUT2D eigenvalue weighted by atomic mass is 9.97. The maximum Gasteiger partial charge on any atom is 0.317 e. The minimum Gasteiger partial charge on any atom is -0.376 e. The summed E-state index contributed by atoms with van der Waals surface area (Å²) in [6.45, 7) is 2.97. The van der Waals surface area contributed by atoms with Crippen molar-refractivity contribution in [2.24, 2.45) is 0 Å². The summed E-state index contributed by atoms with van der Waals surface area (Å²) in [5.41, 5.74) is 2.06. The van der Waals surface area contributed by atoms with Crippen molar-refractivity contribution >= 4 is 17.1 Å². The molecule has 0 radical (unpaired) electrons. The lowest BCUT2D eigenvalue weighted by molar-refractivity contribution is 0.107. The molecule has 2 fully saturated rings. The molecule has 1 aromatic carbocycles. The summed E-state index contributed by atoms with van der Waals surface area (Å²) >= 11 is 0. The van der Waals surface area contributed by atoms with E-state index in [1.54, 1.807) is 0 Å². The second-order valence-electron chi connectivity index (χ2n) is 6.75. The minimum absolute atomic E-state index is 0.0197. The fourth-order valence-electron chi connectivity index (χ4n) is 3.67. The number of nitrogens with zero attached hydrogens (tertiary/aromatic N) is 2. The molecule has 4 rings (SSSR count). The first-order valence-corrected chi connectivity index (χ1v) is 8.88. The molecule has 0 unspecified atom stereocenters. The summed E-state index contributed by atoms with van der Waals surface area (Å²) < 4.78 is 5.57. The third-order valence-electron chi connectivity index (χ3n) is 5.01. The van der Waals surface area contributed by atoms with Crippen LogP contribution >= 0.6 is 0 Å². The van der Waals surface area contributed by atoms with Crippen molar-refractivity contribution in [3.05, 3.63) is 30.1 Å². The Morgan fingerprint density at radius 1 is 1.33 bits per heavy atom. The number of rotatable bonds is 3. The van der Waals surface area contributed by atoms with E-state index < -0.39 is 0 Å². The van der Waals surface area contributed by atoms with Gasteiger partial charge in [-0.25, -0.2) is 9.78 Å². The van der Waals surface area contributed by atoms with Crippen LogP contribution in [0.2, 0.25) is 0 Å². The number of carbonyl (C=O) groups excluding carboxylic acids is 1. The summed E-state index contributed by atoms with van der Waals surface area (Å²) in [5.74, 6) is 1.27. The molecule has 2 atom stereocenters.